The van der Waals surface area contributed by atoms with Crippen molar-refractivity contribution in [1.29, 1.82) is 0 Å². The molecule has 7 heteroatoms. The number of hydrogen-bond donors (Lipinski definition) is 0. The fourth-order valence-corrected chi connectivity index (χ4v) is 3.41. The molecule has 2 aromatic rings. The number of nitrogens with zero attached hydrogens (tertiary/aromatic N) is 1. The lowest BCUT2D eigenvalue weighted by molar-refractivity contribution is -0.117. The third-order valence-electron chi connectivity index (χ3n) is 3.49. The van der Waals surface area contributed by atoms with Crippen molar-refractivity contribution >= 4 is 46.4 Å². The van der Waals surface area contributed by atoms with Gasteiger partial charge in [0.05, 0.1) is 17.2 Å². The molecule has 1 atom stereocenters. The van der Waals surface area contributed by atoms with Gasteiger partial charge in [0, 0.05) is 5.02 Å². The Labute approximate surface area is 141 Å². The molecule has 0 saturated heterocycles. The molecule has 1 aromatic heterocycles. The Bertz CT molecular complexity index is 787. The highest BCUT2D eigenvalue weighted by molar-refractivity contribution is 7.12. The van der Waals surface area contributed by atoms with E-state index in [0.29, 0.717) is 21.2 Å². The van der Waals surface area contributed by atoms with Gasteiger partial charge in [-0.15, -0.1) is 11.3 Å². The zero-order valence-electron chi connectivity index (χ0n) is 12.1. The lowest BCUT2D eigenvalue weighted by atomic mass is 9.95. The second-order valence-corrected chi connectivity index (χ2v) is 6.23. The number of hydrogen-bond acceptors (Lipinski definition) is 5. The Balaban J connectivity index is 2.08. The first-order valence-corrected chi connectivity index (χ1v) is 8.18. The molecule has 0 aliphatic carbocycles. The van der Waals surface area contributed by atoms with E-state index in [1.54, 1.807) is 42.6 Å². The number of thiophene rings is 1. The van der Waals surface area contributed by atoms with Crippen LogP contribution in [0, 0.1) is 0 Å². The number of imide groups is 1. The van der Waals surface area contributed by atoms with Gasteiger partial charge in [-0.1, -0.05) is 17.7 Å². The van der Waals surface area contributed by atoms with Gasteiger partial charge in [0.1, 0.15) is 5.92 Å². The second-order valence-electron chi connectivity index (χ2n) is 4.85. The second kappa shape index (κ2) is 6.14. The summed E-state index contributed by atoms with van der Waals surface area (Å²) >= 11 is 7.25. The molecule has 1 aliphatic rings. The summed E-state index contributed by atoms with van der Waals surface area (Å²) in [5.74, 6) is -2.04. The van der Waals surface area contributed by atoms with Crippen molar-refractivity contribution in [2.75, 3.05) is 11.5 Å². The smallest absolute Gasteiger partial charge is 0.421 e. The number of carbonyl (C=O) groups is 3. The van der Waals surface area contributed by atoms with Gasteiger partial charge in [-0.25, -0.2) is 9.69 Å². The van der Waals surface area contributed by atoms with Crippen LogP contribution in [0.4, 0.5) is 10.5 Å². The number of fused-ring (bicyclic) bond motifs is 1. The van der Waals surface area contributed by atoms with E-state index in [9.17, 15) is 14.4 Å². The lowest BCUT2D eigenvalue weighted by Crippen LogP contribution is -2.37. The van der Waals surface area contributed by atoms with Crippen LogP contribution in [0.5, 0.6) is 0 Å². The quantitative estimate of drug-likeness (QED) is 0.623. The molecule has 2 heterocycles. The van der Waals surface area contributed by atoms with E-state index >= 15 is 0 Å². The van der Waals surface area contributed by atoms with Crippen LogP contribution in [0.15, 0.2) is 35.7 Å². The molecule has 0 radical (unpaired) electrons. The van der Waals surface area contributed by atoms with Crippen LogP contribution in [0.1, 0.15) is 28.1 Å². The van der Waals surface area contributed by atoms with Crippen LogP contribution in [-0.2, 0) is 9.53 Å². The van der Waals surface area contributed by atoms with Crippen molar-refractivity contribution in [2.24, 2.45) is 0 Å². The van der Waals surface area contributed by atoms with Gasteiger partial charge in [-0.05, 0) is 42.1 Å². The number of ketones is 1. The van der Waals surface area contributed by atoms with E-state index in [1.165, 1.54) is 11.3 Å². The number of benzene rings is 1. The topological polar surface area (TPSA) is 63.7 Å². The number of ether oxygens (including phenoxy) is 1. The van der Waals surface area contributed by atoms with Crippen molar-refractivity contribution < 1.29 is 19.1 Å². The zero-order chi connectivity index (χ0) is 16.6. The van der Waals surface area contributed by atoms with E-state index < -0.39 is 17.9 Å². The largest absolute Gasteiger partial charge is 0.449 e. The average molecular weight is 350 g/mol. The number of rotatable bonds is 3. The predicted molar refractivity (Wildman–Crippen MR) is 87.4 cm³/mol. The summed E-state index contributed by atoms with van der Waals surface area (Å²) in [4.78, 5) is 38.8. The zero-order valence-corrected chi connectivity index (χ0v) is 13.7. The van der Waals surface area contributed by atoms with Gasteiger partial charge >= 0.3 is 6.09 Å². The molecule has 0 N–H and O–H groups in total. The summed E-state index contributed by atoms with van der Waals surface area (Å²) in [6.45, 7) is 1.78. The van der Waals surface area contributed by atoms with E-state index in [1.807, 2.05) is 0 Å². The summed E-state index contributed by atoms with van der Waals surface area (Å²) in [6, 6.07) is 8.05. The molecule has 118 valence electrons. The maximum atomic E-state index is 12.7. The molecule has 3 rings (SSSR count). The van der Waals surface area contributed by atoms with E-state index in [-0.39, 0.29) is 12.4 Å². The standard InChI is InChI=1S/C16H12ClNO4S/c1-2-22-16(21)18-11-6-5-9(17)8-10(11)13(15(18)20)14(19)12-4-3-7-23-12/h3-8,13H,2H2,1H3. The first kappa shape index (κ1) is 15.7. The van der Waals surface area contributed by atoms with Gasteiger partial charge in [0.15, 0.2) is 5.78 Å². The molecular weight excluding hydrogens is 338 g/mol. The maximum absolute atomic E-state index is 12.7. The van der Waals surface area contributed by atoms with Gasteiger partial charge in [0.25, 0.3) is 5.91 Å². The number of halogens is 1. The average Bonchev–Trinajstić information content (AvgIpc) is 3.12. The summed E-state index contributed by atoms with van der Waals surface area (Å²) in [5.41, 5.74) is 0.765. The van der Waals surface area contributed by atoms with Crippen LogP contribution in [0.3, 0.4) is 0 Å². The van der Waals surface area contributed by atoms with E-state index in [0.717, 1.165) is 4.90 Å². The minimum Gasteiger partial charge on any atom is -0.449 e. The molecular formula is C16H12ClNO4S. The summed E-state index contributed by atoms with van der Waals surface area (Å²) < 4.78 is 4.93. The summed E-state index contributed by atoms with van der Waals surface area (Å²) in [5, 5.41) is 2.15. The molecule has 0 fully saturated rings. The third kappa shape index (κ3) is 2.64. The molecule has 0 spiro atoms. The Morgan fingerprint density at radius 3 is 2.78 bits per heavy atom. The minimum absolute atomic E-state index is 0.134. The van der Waals surface area contributed by atoms with Crippen molar-refractivity contribution in [3.8, 4) is 0 Å². The Hall–Kier alpha value is -2.18. The number of amides is 2. The van der Waals surface area contributed by atoms with Crippen molar-refractivity contribution in [3.63, 3.8) is 0 Å². The van der Waals surface area contributed by atoms with Crippen LogP contribution >= 0.6 is 22.9 Å². The number of anilines is 1. The molecule has 2 amide bonds. The molecule has 1 aromatic carbocycles. The molecule has 23 heavy (non-hydrogen) atoms. The van der Waals surface area contributed by atoms with Crippen LogP contribution in [0.25, 0.3) is 0 Å². The minimum atomic E-state index is -1.08. The van der Waals surface area contributed by atoms with Crippen molar-refractivity contribution in [3.05, 3.63) is 51.2 Å². The molecule has 1 aliphatic heterocycles. The first-order valence-electron chi connectivity index (χ1n) is 6.92. The highest BCUT2D eigenvalue weighted by atomic mass is 35.5. The monoisotopic (exact) mass is 349 g/mol. The highest BCUT2D eigenvalue weighted by Crippen LogP contribution is 2.41. The number of Topliss-reactive ketones (excluding diaryl/α,β-unsaturated/α-hetero) is 1. The number of carbonyl (C=O) groups excluding carboxylic acids is 3. The van der Waals surface area contributed by atoms with E-state index in [2.05, 4.69) is 0 Å². The van der Waals surface area contributed by atoms with Gasteiger partial charge in [-0.3, -0.25) is 9.59 Å². The van der Waals surface area contributed by atoms with Crippen LogP contribution in [-0.4, -0.2) is 24.4 Å². The Morgan fingerprint density at radius 2 is 2.13 bits per heavy atom. The summed E-state index contributed by atoms with van der Waals surface area (Å²) in [7, 11) is 0. The normalized spacial score (nSPS) is 16.3. The fourth-order valence-electron chi connectivity index (χ4n) is 2.53. The highest BCUT2D eigenvalue weighted by Gasteiger charge is 2.45. The maximum Gasteiger partial charge on any atom is 0.421 e. The van der Waals surface area contributed by atoms with Crippen LogP contribution in [0.2, 0.25) is 5.02 Å². The Kier molecular flexibility index (Phi) is 4.19. The SMILES string of the molecule is CCOC(=O)N1C(=O)C(C(=O)c2cccs2)c2cc(Cl)ccc21. The fraction of sp³-hybridized carbons (Fsp3) is 0.188. The van der Waals surface area contributed by atoms with Crippen LogP contribution < -0.4 is 4.90 Å². The van der Waals surface area contributed by atoms with E-state index in [4.69, 9.17) is 16.3 Å². The predicted octanol–water partition coefficient (Wildman–Crippen LogP) is 3.87. The molecule has 0 saturated carbocycles. The molecule has 0 bridgehead atoms. The molecule has 5 nitrogen and oxygen atoms in total. The van der Waals surface area contributed by atoms with Gasteiger partial charge in [-0.2, -0.15) is 0 Å². The van der Waals surface area contributed by atoms with Gasteiger partial charge < -0.3 is 4.74 Å². The van der Waals surface area contributed by atoms with Crippen molar-refractivity contribution in [1.82, 2.24) is 0 Å². The molecule has 1 unspecified atom stereocenters. The van der Waals surface area contributed by atoms with Crippen molar-refractivity contribution in [2.45, 2.75) is 12.8 Å². The Morgan fingerprint density at radius 1 is 1.35 bits per heavy atom. The lowest BCUT2D eigenvalue weighted by Gasteiger charge is -2.14. The first-order chi connectivity index (χ1) is 11.0. The summed E-state index contributed by atoms with van der Waals surface area (Å²) in [6.07, 6.45) is -0.789. The third-order valence-corrected chi connectivity index (χ3v) is 4.60. The van der Waals surface area contributed by atoms with Gasteiger partial charge in [0.2, 0.25) is 0 Å².